The number of esters is 1. The van der Waals surface area contributed by atoms with Crippen LogP contribution in [0.2, 0.25) is 0 Å². The lowest BCUT2D eigenvalue weighted by Gasteiger charge is -1.97. The lowest BCUT2D eigenvalue weighted by atomic mass is 10.4. The molecule has 0 aromatic rings. The fraction of sp³-hybridized carbons (Fsp3) is 0.143. The first-order chi connectivity index (χ1) is 5.34. The summed E-state index contributed by atoms with van der Waals surface area (Å²) in [6.07, 6.45) is 6.79. The van der Waals surface area contributed by atoms with Gasteiger partial charge in [0.1, 0.15) is 4.91 Å². The Morgan fingerprint density at radius 2 is 2.45 bits per heavy atom. The Hall–Kier alpha value is -1.03. The van der Waals surface area contributed by atoms with E-state index in [1.165, 1.54) is 7.11 Å². The van der Waals surface area contributed by atoms with Crippen LogP contribution in [0, 0.1) is 0 Å². The molecule has 1 aliphatic rings. The van der Waals surface area contributed by atoms with Crippen LogP contribution < -0.4 is 0 Å². The lowest BCUT2D eigenvalue weighted by Crippen LogP contribution is -2.00. The van der Waals surface area contributed by atoms with Gasteiger partial charge in [0.25, 0.3) is 0 Å². The number of hydrogen-bond acceptors (Lipinski definition) is 4. The third kappa shape index (κ3) is 2.23. The van der Waals surface area contributed by atoms with E-state index in [1.54, 1.807) is 24.4 Å². The largest absolute Gasteiger partial charge is 0.465 e. The Morgan fingerprint density at radius 3 is 3.18 bits per heavy atom. The smallest absolute Gasteiger partial charge is 0.346 e. The lowest BCUT2D eigenvalue weighted by molar-refractivity contribution is -0.135. The van der Waals surface area contributed by atoms with Crippen LogP contribution in [0.25, 0.3) is 0 Å². The maximum atomic E-state index is 10.9. The van der Waals surface area contributed by atoms with E-state index in [2.05, 4.69) is 9.13 Å². The molecule has 0 bridgehead atoms. The van der Waals surface area contributed by atoms with Gasteiger partial charge in [0.2, 0.25) is 0 Å². The van der Waals surface area contributed by atoms with Gasteiger partial charge in [-0.3, -0.25) is 0 Å². The van der Waals surface area contributed by atoms with Gasteiger partial charge in [0, 0.05) is 18.2 Å². The molecule has 0 spiro atoms. The molecule has 0 amide bonds. The van der Waals surface area contributed by atoms with Crippen LogP contribution in [-0.4, -0.2) is 19.3 Å². The van der Waals surface area contributed by atoms with Gasteiger partial charge >= 0.3 is 5.97 Å². The topological polar surface area (TPSA) is 38.7 Å². The quantitative estimate of drug-likeness (QED) is 0.439. The van der Waals surface area contributed by atoms with E-state index >= 15 is 0 Å². The van der Waals surface area contributed by atoms with E-state index in [0.29, 0.717) is 4.91 Å². The van der Waals surface area contributed by atoms with Crippen LogP contribution in [0.4, 0.5) is 0 Å². The van der Waals surface area contributed by atoms with Crippen molar-refractivity contribution >= 4 is 24.1 Å². The Bertz CT molecular complexity index is 243. The van der Waals surface area contributed by atoms with Gasteiger partial charge in [-0.05, 0) is 12.2 Å². The van der Waals surface area contributed by atoms with Crippen molar-refractivity contribution in [2.45, 2.75) is 0 Å². The number of methoxy groups -OCH3 is 1. The molecule has 0 unspecified atom stereocenters. The Kier molecular flexibility index (Phi) is 2.92. The predicted octanol–water partition coefficient (Wildman–Crippen LogP) is 1.33. The summed E-state index contributed by atoms with van der Waals surface area (Å²) in [5.41, 5.74) is 0. The van der Waals surface area contributed by atoms with Gasteiger partial charge < -0.3 is 4.74 Å². The van der Waals surface area contributed by atoms with Crippen molar-refractivity contribution in [2.24, 2.45) is 4.40 Å². The molecule has 0 radical (unpaired) electrons. The van der Waals surface area contributed by atoms with E-state index in [1.807, 2.05) is 0 Å². The highest BCUT2D eigenvalue weighted by atomic mass is 32.2. The fourth-order valence-electron chi connectivity index (χ4n) is 0.551. The molecule has 4 heteroatoms. The molecule has 0 saturated carbocycles. The van der Waals surface area contributed by atoms with Gasteiger partial charge in [-0.2, -0.15) is 0 Å². The summed E-state index contributed by atoms with van der Waals surface area (Å²) in [6, 6.07) is 0. The molecule has 3 nitrogen and oxygen atoms in total. The number of nitrogens with zero attached hydrogens (tertiary/aromatic N) is 1. The Morgan fingerprint density at radius 1 is 1.64 bits per heavy atom. The number of carbonyl (C=O) groups is 1. The summed E-state index contributed by atoms with van der Waals surface area (Å²) in [5, 5.41) is 0. The third-order valence-corrected chi connectivity index (χ3v) is 1.77. The van der Waals surface area contributed by atoms with Crippen LogP contribution in [-0.2, 0) is 9.53 Å². The molecule has 1 rings (SSSR count). The highest BCUT2D eigenvalue weighted by Crippen LogP contribution is 2.19. The van der Waals surface area contributed by atoms with Crippen molar-refractivity contribution in [1.82, 2.24) is 0 Å². The zero-order valence-electron chi connectivity index (χ0n) is 5.98. The fourth-order valence-corrected chi connectivity index (χ4v) is 1.09. The monoisotopic (exact) mass is 169 g/mol. The molecule has 0 aliphatic carbocycles. The molecule has 0 aromatic heterocycles. The van der Waals surface area contributed by atoms with Gasteiger partial charge in [-0.25, -0.2) is 9.19 Å². The molecule has 0 N–H and O–H groups in total. The first-order valence-corrected chi connectivity index (χ1v) is 3.77. The minimum Gasteiger partial charge on any atom is -0.465 e. The highest BCUT2D eigenvalue weighted by molar-refractivity contribution is 8.02. The maximum Gasteiger partial charge on any atom is 0.346 e. The van der Waals surface area contributed by atoms with Crippen LogP contribution in [0.3, 0.4) is 0 Å². The SMILES string of the molecule is COC(=O)C1=CC=CC=NS1. The summed E-state index contributed by atoms with van der Waals surface area (Å²) in [4.78, 5) is 11.4. The van der Waals surface area contributed by atoms with Crippen molar-refractivity contribution in [1.29, 1.82) is 0 Å². The summed E-state index contributed by atoms with van der Waals surface area (Å²) in [6.45, 7) is 0. The maximum absolute atomic E-state index is 10.9. The van der Waals surface area contributed by atoms with Gasteiger partial charge in [-0.15, -0.1) is 0 Å². The number of rotatable bonds is 1. The molecule has 0 saturated heterocycles. The number of hydrogen-bond donors (Lipinski definition) is 0. The van der Waals surface area contributed by atoms with E-state index < -0.39 is 0 Å². The van der Waals surface area contributed by atoms with Crippen LogP contribution in [0.1, 0.15) is 0 Å². The Labute approximate surface area is 69.0 Å². The minimum absolute atomic E-state index is 0.348. The molecular formula is C7H7NO2S. The van der Waals surface area contributed by atoms with Crippen molar-refractivity contribution in [3.63, 3.8) is 0 Å². The number of carbonyl (C=O) groups excluding carboxylic acids is 1. The van der Waals surface area contributed by atoms with Gasteiger partial charge in [0.05, 0.1) is 7.11 Å². The van der Waals surface area contributed by atoms with Crippen molar-refractivity contribution in [3.8, 4) is 0 Å². The minimum atomic E-state index is -0.348. The summed E-state index contributed by atoms with van der Waals surface area (Å²) >= 11 is 1.11. The van der Waals surface area contributed by atoms with Gasteiger partial charge in [-0.1, -0.05) is 6.08 Å². The summed E-state index contributed by atoms with van der Waals surface area (Å²) in [7, 11) is 1.35. The van der Waals surface area contributed by atoms with Crippen LogP contribution in [0.15, 0.2) is 27.5 Å². The molecule has 58 valence electrons. The Balaban J connectivity index is 2.72. The molecular weight excluding hydrogens is 162 g/mol. The van der Waals surface area contributed by atoms with Crippen LogP contribution in [0.5, 0.6) is 0 Å². The third-order valence-electron chi connectivity index (χ3n) is 1.04. The first kappa shape index (κ1) is 8.07. The molecule has 1 heterocycles. The van der Waals surface area contributed by atoms with Crippen molar-refractivity contribution in [2.75, 3.05) is 7.11 Å². The zero-order valence-corrected chi connectivity index (χ0v) is 6.80. The molecule has 0 atom stereocenters. The second-order valence-corrected chi connectivity index (χ2v) is 2.59. The standard InChI is InChI=1S/C7H7NO2S/c1-10-7(9)6-4-2-3-5-8-11-6/h2-5H,1H3. The average molecular weight is 169 g/mol. The molecule has 11 heavy (non-hydrogen) atoms. The number of allylic oxidation sites excluding steroid dienone is 3. The van der Waals surface area contributed by atoms with Crippen molar-refractivity contribution < 1.29 is 9.53 Å². The van der Waals surface area contributed by atoms with E-state index in [9.17, 15) is 4.79 Å². The summed E-state index contributed by atoms with van der Waals surface area (Å²) in [5.74, 6) is -0.348. The first-order valence-electron chi connectivity index (χ1n) is 3.00. The van der Waals surface area contributed by atoms with E-state index in [-0.39, 0.29) is 5.97 Å². The normalized spacial score (nSPS) is 15.5. The average Bonchev–Trinajstić information content (AvgIpc) is 2.30. The number of ether oxygens (including phenoxy) is 1. The molecule has 1 aliphatic heterocycles. The molecule has 0 aromatic carbocycles. The second-order valence-electron chi connectivity index (χ2n) is 1.75. The molecule has 0 fully saturated rings. The van der Waals surface area contributed by atoms with Crippen molar-refractivity contribution in [3.05, 3.63) is 23.1 Å². The van der Waals surface area contributed by atoms with Gasteiger partial charge in [0.15, 0.2) is 0 Å². The highest BCUT2D eigenvalue weighted by Gasteiger charge is 2.08. The second kappa shape index (κ2) is 3.98. The zero-order chi connectivity index (χ0) is 8.10. The predicted molar refractivity (Wildman–Crippen MR) is 45.3 cm³/mol. The van der Waals surface area contributed by atoms with E-state index in [0.717, 1.165) is 11.9 Å². The van der Waals surface area contributed by atoms with E-state index in [4.69, 9.17) is 0 Å². The van der Waals surface area contributed by atoms with Crippen LogP contribution >= 0.6 is 11.9 Å². The summed E-state index contributed by atoms with van der Waals surface area (Å²) < 4.78 is 8.37.